The van der Waals surface area contributed by atoms with Crippen LogP contribution in [-0.4, -0.2) is 32.3 Å². The van der Waals surface area contributed by atoms with Gasteiger partial charge in [0.1, 0.15) is 17.7 Å². The first-order valence-electron chi connectivity index (χ1n) is 6.87. The second kappa shape index (κ2) is 6.70. The Hall–Kier alpha value is -1.62. The Balaban J connectivity index is 2.06. The highest BCUT2D eigenvalue weighted by molar-refractivity contribution is 5.95. The number of unbranched alkanes of at least 4 members (excludes halogenated alkanes) is 1. The molecule has 1 aromatic carbocycles. The van der Waals surface area contributed by atoms with Gasteiger partial charge in [0.2, 0.25) is 5.91 Å². The molecule has 0 aliphatic carbocycles. The molecule has 0 spiro atoms. The van der Waals surface area contributed by atoms with E-state index < -0.39 is 0 Å². The summed E-state index contributed by atoms with van der Waals surface area (Å²) in [6, 6.07) is 4.28. The number of methoxy groups -OCH3 is 1. The molecule has 5 heteroatoms. The molecule has 0 unspecified atom stereocenters. The van der Waals surface area contributed by atoms with Crippen LogP contribution in [0.25, 0.3) is 0 Å². The number of amides is 1. The van der Waals surface area contributed by atoms with Crippen LogP contribution >= 0.6 is 0 Å². The average Bonchev–Trinajstić information content (AvgIpc) is 2.42. The van der Waals surface area contributed by atoms with Gasteiger partial charge in [-0.3, -0.25) is 4.79 Å². The second-order valence-corrected chi connectivity index (χ2v) is 4.99. The van der Waals surface area contributed by atoms with Crippen molar-refractivity contribution in [1.82, 2.24) is 0 Å². The van der Waals surface area contributed by atoms with Crippen molar-refractivity contribution in [1.29, 1.82) is 0 Å². The fourth-order valence-electron chi connectivity index (χ4n) is 2.31. The zero-order chi connectivity index (χ0) is 14.5. The zero-order valence-electron chi connectivity index (χ0n) is 11.9. The predicted molar refractivity (Wildman–Crippen MR) is 74.6 cm³/mol. The van der Waals surface area contributed by atoms with Crippen LogP contribution in [0.1, 0.15) is 26.2 Å². The lowest BCUT2D eigenvalue weighted by atomic mass is 10.1. The fourth-order valence-corrected chi connectivity index (χ4v) is 2.31. The van der Waals surface area contributed by atoms with Gasteiger partial charge in [0.15, 0.2) is 0 Å². The standard InChI is InChI=1S/C15H20FNO3/c1-11-10-17(15(18)5-3-4-8-19-2)13-7-6-12(16)9-14(13)20-11/h6-7,9,11H,3-5,8,10H2,1-2H3/t11-/m0/s1. The Morgan fingerprint density at radius 3 is 3.05 bits per heavy atom. The SMILES string of the molecule is COCCCCC(=O)N1C[C@H](C)Oc2cc(F)ccc21. The van der Waals surface area contributed by atoms with E-state index in [0.717, 1.165) is 12.8 Å². The molecule has 1 aliphatic heterocycles. The summed E-state index contributed by atoms with van der Waals surface area (Å²) in [7, 11) is 1.65. The van der Waals surface area contributed by atoms with Crippen LogP contribution in [0.15, 0.2) is 18.2 Å². The van der Waals surface area contributed by atoms with Crippen LogP contribution in [0.2, 0.25) is 0 Å². The third kappa shape index (κ3) is 3.48. The van der Waals surface area contributed by atoms with Crippen LogP contribution in [0.3, 0.4) is 0 Å². The molecule has 0 radical (unpaired) electrons. The fraction of sp³-hybridized carbons (Fsp3) is 0.533. The molecule has 0 saturated carbocycles. The van der Waals surface area contributed by atoms with E-state index in [1.165, 1.54) is 12.1 Å². The molecule has 1 atom stereocenters. The lowest BCUT2D eigenvalue weighted by Crippen LogP contribution is -2.42. The van der Waals surface area contributed by atoms with Crippen molar-refractivity contribution in [3.63, 3.8) is 0 Å². The first-order chi connectivity index (χ1) is 9.61. The van der Waals surface area contributed by atoms with Gasteiger partial charge in [0, 0.05) is 26.2 Å². The summed E-state index contributed by atoms with van der Waals surface area (Å²) in [6.07, 6.45) is 1.98. The van der Waals surface area contributed by atoms with Gasteiger partial charge in [0.25, 0.3) is 0 Å². The van der Waals surface area contributed by atoms with Crippen molar-refractivity contribution >= 4 is 11.6 Å². The summed E-state index contributed by atoms with van der Waals surface area (Å²) in [5.41, 5.74) is 0.654. The number of nitrogens with zero attached hydrogens (tertiary/aromatic N) is 1. The van der Waals surface area contributed by atoms with Gasteiger partial charge < -0.3 is 14.4 Å². The molecule has 1 aromatic rings. The molecule has 1 aliphatic rings. The van der Waals surface area contributed by atoms with Crippen LogP contribution in [0.4, 0.5) is 10.1 Å². The summed E-state index contributed by atoms with van der Waals surface area (Å²) < 4.78 is 23.8. The minimum Gasteiger partial charge on any atom is -0.487 e. The second-order valence-electron chi connectivity index (χ2n) is 4.99. The molecule has 2 rings (SSSR count). The Morgan fingerprint density at radius 1 is 1.50 bits per heavy atom. The molecule has 0 fully saturated rings. The molecule has 20 heavy (non-hydrogen) atoms. The predicted octanol–water partition coefficient (Wildman–Crippen LogP) is 2.76. The van der Waals surface area contributed by atoms with Crippen LogP contribution < -0.4 is 9.64 Å². The molecule has 1 amide bonds. The lowest BCUT2D eigenvalue weighted by Gasteiger charge is -2.33. The minimum atomic E-state index is -0.356. The summed E-state index contributed by atoms with van der Waals surface area (Å²) >= 11 is 0. The summed E-state index contributed by atoms with van der Waals surface area (Å²) in [5.74, 6) is 0.128. The Bertz CT molecular complexity index is 478. The molecule has 0 N–H and O–H groups in total. The first-order valence-corrected chi connectivity index (χ1v) is 6.87. The van der Waals surface area contributed by atoms with E-state index in [1.54, 1.807) is 18.1 Å². The number of halogens is 1. The van der Waals surface area contributed by atoms with Gasteiger partial charge in [-0.2, -0.15) is 0 Å². The van der Waals surface area contributed by atoms with E-state index in [4.69, 9.17) is 9.47 Å². The summed E-state index contributed by atoms with van der Waals surface area (Å²) in [5, 5.41) is 0. The highest BCUT2D eigenvalue weighted by Gasteiger charge is 2.27. The van der Waals surface area contributed by atoms with Crippen LogP contribution in [0, 0.1) is 5.82 Å². The van der Waals surface area contributed by atoms with E-state index in [0.29, 0.717) is 31.0 Å². The molecule has 1 heterocycles. The van der Waals surface area contributed by atoms with E-state index in [2.05, 4.69) is 0 Å². The number of carbonyl (C=O) groups excluding carboxylic acids is 1. The molecule has 0 bridgehead atoms. The normalized spacial score (nSPS) is 17.6. The van der Waals surface area contributed by atoms with Crippen molar-refractivity contribution in [2.75, 3.05) is 25.2 Å². The van der Waals surface area contributed by atoms with Gasteiger partial charge in [-0.05, 0) is 31.9 Å². The molecule has 0 saturated heterocycles. The topological polar surface area (TPSA) is 38.8 Å². The first kappa shape index (κ1) is 14.8. The summed E-state index contributed by atoms with van der Waals surface area (Å²) in [6.45, 7) is 3.04. The maximum absolute atomic E-state index is 13.2. The molecular weight excluding hydrogens is 261 g/mol. The Labute approximate surface area is 118 Å². The number of rotatable bonds is 5. The average molecular weight is 281 g/mol. The molecule has 110 valence electrons. The summed E-state index contributed by atoms with van der Waals surface area (Å²) in [4.78, 5) is 14.0. The Kier molecular flexibility index (Phi) is 4.95. The molecule has 0 aromatic heterocycles. The largest absolute Gasteiger partial charge is 0.487 e. The van der Waals surface area contributed by atoms with Gasteiger partial charge in [0.05, 0.1) is 12.2 Å². The third-order valence-corrected chi connectivity index (χ3v) is 3.27. The molecular formula is C15H20FNO3. The van der Waals surface area contributed by atoms with Crippen LogP contribution in [-0.2, 0) is 9.53 Å². The van der Waals surface area contributed by atoms with E-state index in [-0.39, 0.29) is 17.8 Å². The van der Waals surface area contributed by atoms with Crippen molar-refractivity contribution < 1.29 is 18.7 Å². The van der Waals surface area contributed by atoms with Crippen molar-refractivity contribution in [2.45, 2.75) is 32.3 Å². The smallest absolute Gasteiger partial charge is 0.227 e. The van der Waals surface area contributed by atoms with Crippen LogP contribution in [0.5, 0.6) is 5.75 Å². The number of fused-ring (bicyclic) bond motifs is 1. The third-order valence-electron chi connectivity index (χ3n) is 3.27. The van der Waals surface area contributed by atoms with Crippen molar-refractivity contribution in [3.05, 3.63) is 24.0 Å². The monoisotopic (exact) mass is 281 g/mol. The maximum Gasteiger partial charge on any atom is 0.227 e. The Morgan fingerprint density at radius 2 is 2.30 bits per heavy atom. The number of ether oxygens (including phenoxy) is 2. The number of benzene rings is 1. The maximum atomic E-state index is 13.2. The van der Waals surface area contributed by atoms with E-state index >= 15 is 0 Å². The number of carbonyl (C=O) groups is 1. The van der Waals surface area contributed by atoms with Crippen molar-refractivity contribution in [2.24, 2.45) is 0 Å². The van der Waals surface area contributed by atoms with Gasteiger partial charge >= 0.3 is 0 Å². The van der Waals surface area contributed by atoms with Gasteiger partial charge in [-0.1, -0.05) is 0 Å². The molecule has 4 nitrogen and oxygen atoms in total. The van der Waals surface area contributed by atoms with Gasteiger partial charge in [-0.15, -0.1) is 0 Å². The minimum absolute atomic E-state index is 0.0455. The van der Waals surface area contributed by atoms with E-state index in [9.17, 15) is 9.18 Å². The quantitative estimate of drug-likeness (QED) is 0.779. The van der Waals surface area contributed by atoms with Crippen molar-refractivity contribution in [3.8, 4) is 5.75 Å². The zero-order valence-corrected chi connectivity index (χ0v) is 11.9. The highest BCUT2D eigenvalue weighted by Crippen LogP contribution is 2.34. The number of hydrogen-bond donors (Lipinski definition) is 0. The number of anilines is 1. The lowest BCUT2D eigenvalue weighted by molar-refractivity contribution is -0.119. The van der Waals surface area contributed by atoms with E-state index in [1.807, 2.05) is 6.92 Å². The number of hydrogen-bond acceptors (Lipinski definition) is 3. The van der Waals surface area contributed by atoms with Gasteiger partial charge in [-0.25, -0.2) is 4.39 Å². The highest BCUT2D eigenvalue weighted by atomic mass is 19.1.